The predicted molar refractivity (Wildman–Crippen MR) is 79.3 cm³/mol. The van der Waals surface area contributed by atoms with Crippen LogP contribution in [0.1, 0.15) is 39.2 Å². The molecule has 0 fully saturated rings. The topological polar surface area (TPSA) is 12.0 Å². The van der Waals surface area contributed by atoms with E-state index in [2.05, 4.69) is 42.0 Å². The number of hydrogen-bond acceptors (Lipinski definition) is 1. The van der Waals surface area contributed by atoms with E-state index >= 15 is 0 Å². The smallest absolute Gasteiger partial charge is 0.127 e. The molecule has 0 spiro atoms. The van der Waals surface area contributed by atoms with E-state index in [4.69, 9.17) is 0 Å². The third-order valence-corrected chi connectivity index (χ3v) is 3.53. The molecule has 1 nitrogen and oxygen atoms in total. The molecule has 0 bridgehead atoms. The molecular weight excluding hydrogens is 293 g/mol. The number of halogens is 2. The lowest BCUT2D eigenvalue weighted by Crippen LogP contribution is -2.30. The molecule has 0 heterocycles. The molecule has 1 atom stereocenters. The van der Waals surface area contributed by atoms with Crippen LogP contribution in [0, 0.1) is 11.7 Å². The minimum atomic E-state index is -0.102. The van der Waals surface area contributed by atoms with Crippen LogP contribution in [-0.2, 0) is 6.42 Å². The van der Waals surface area contributed by atoms with Crippen LogP contribution < -0.4 is 5.32 Å². The van der Waals surface area contributed by atoms with E-state index in [0.717, 1.165) is 35.8 Å². The summed E-state index contributed by atoms with van der Waals surface area (Å²) < 4.78 is 14.6. The average Bonchev–Trinajstić information content (AvgIpc) is 2.29. The molecule has 0 aliphatic carbocycles. The maximum Gasteiger partial charge on any atom is 0.127 e. The average molecular weight is 316 g/mol. The zero-order chi connectivity index (χ0) is 13.5. The molecular formula is C15H23BrFN. The van der Waals surface area contributed by atoms with E-state index in [9.17, 15) is 4.39 Å². The van der Waals surface area contributed by atoms with Gasteiger partial charge in [0.1, 0.15) is 5.82 Å². The molecule has 0 saturated carbocycles. The fourth-order valence-corrected chi connectivity index (χ4v) is 2.42. The Morgan fingerprint density at radius 3 is 2.61 bits per heavy atom. The van der Waals surface area contributed by atoms with Crippen LogP contribution in [-0.4, -0.2) is 12.6 Å². The van der Waals surface area contributed by atoms with Gasteiger partial charge in [-0.25, -0.2) is 4.39 Å². The highest BCUT2D eigenvalue weighted by Crippen LogP contribution is 2.20. The summed E-state index contributed by atoms with van der Waals surface area (Å²) >= 11 is 3.29. The molecule has 0 saturated heterocycles. The molecule has 1 N–H and O–H groups in total. The summed E-state index contributed by atoms with van der Waals surface area (Å²) in [7, 11) is 0. The van der Waals surface area contributed by atoms with Crippen LogP contribution in [0.2, 0.25) is 0 Å². The second-order valence-corrected chi connectivity index (χ2v) is 6.07. The maximum absolute atomic E-state index is 13.8. The summed E-state index contributed by atoms with van der Waals surface area (Å²) in [6.07, 6.45) is 3.09. The van der Waals surface area contributed by atoms with Crippen LogP contribution in [0.15, 0.2) is 22.7 Å². The first kappa shape index (κ1) is 15.6. The molecule has 0 radical (unpaired) electrons. The molecule has 0 aromatic heterocycles. The van der Waals surface area contributed by atoms with Gasteiger partial charge in [0, 0.05) is 10.5 Å². The highest BCUT2D eigenvalue weighted by Gasteiger charge is 2.12. The largest absolute Gasteiger partial charge is 0.314 e. The first-order chi connectivity index (χ1) is 8.52. The van der Waals surface area contributed by atoms with E-state index in [1.54, 1.807) is 6.07 Å². The van der Waals surface area contributed by atoms with Crippen molar-refractivity contribution in [1.82, 2.24) is 5.32 Å². The van der Waals surface area contributed by atoms with Crippen LogP contribution in [0.4, 0.5) is 4.39 Å². The molecule has 1 aromatic carbocycles. The lowest BCUT2D eigenvalue weighted by atomic mass is 9.94. The monoisotopic (exact) mass is 315 g/mol. The minimum Gasteiger partial charge on any atom is -0.314 e. The molecule has 102 valence electrons. The standard InChI is InChI=1S/C15H23BrFN/c1-4-5-12(10-18-11(2)3)8-13-6-7-14(16)9-15(13)17/h6-7,9,11-12,18H,4-5,8,10H2,1-3H3. The number of benzene rings is 1. The van der Waals surface area contributed by atoms with Gasteiger partial charge >= 0.3 is 0 Å². The van der Waals surface area contributed by atoms with Crippen molar-refractivity contribution in [2.45, 2.75) is 46.1 Å². The first-order valence-electron chi connectivity index (χ1n) is 6.70. The third kappa shape index (κ3) is 5.49. The van der Waals surface area contributed by atoms with Gasteiger partial charge in [0.2, 0.25) is 0 Å². The quantitative estimate of drug-likeness (QED) is 0.778. The Labute approximate surface area is 118 Å². The van der Waals surface area contributed by atoms with E-state index in [-0.39, 0.29) is 5.82 Å². The fraction of sp³-hybridized carbons (Fsp3) is 0.600. The number of rotatable bonds is 7. The molecule has 3 heteroatoms. The van der Waals surface area contributed by atoms with Gasteiger partial charge in [-0.15, -0.1) is 0 Å². The lowest BCUT2D eigenvalue weighted by Gasteiger charge is -2.19. The summed E-state index contributed by atoms with van der Waals surface area (Å²) in [6.45, 7) is 7.42. The van der Waals surface area contributed by atoms with Crippen molar-refractivity contribution >= 4 is 15.9 Å². The Kier molecular flexibility index (Phi) is 6.87. The van der Waals surface area contributed by atoms with Gasteiger partial charge in [0.15, 0.2) is 0 Å². The molecule has 1 unspecified atom stereocenters. The third-order valence-electron chi connectivity index (χ3n) is 3.04. The second-order valence-electron chi connectivity index (χ2n) is 5.16. The number of nitrogens with one attached hydrogen (secondary N) is 1. The van der Waals surface area contributed by atoms with Gasteiger partial charge < -0.3 is 5.32 Å². The Morgan fingerprint density at radius 1 is 1.33 bits per heavy atom. The molecule has 0 amide bonds. The van der Waals surface area contributed by atoms with Crippen molar-refractivity contribution in [3.63, 3.8) is 0 Å². The minimum absolute atomic E-state index is 0.102. The van der Waals surface area contributed by atoms with Crippen molar-refractivity contribution in [3.8, 4) is 0 Å². The van der Waals surface area contributed by atoms with E-state index in [0.29, 0.717) is 12.0 Å². The highest BCUT2D eigenvalue weighted by molar-refractivity contribution is 9.10. The SMILES string of the molecule is CCCC(CNC(C)C)Cc1ccc(Br)cc1F. The summed E-state index contributed by atoms with van der Waals surface area (Å²) in [6, 6.07) is 5.84. The predicted octanol–water partition coefficient (Wildman–Crippen LogP) is 4.55. The van der Waals surface area contributed by atoms with Crippen LogP contribution in [0.3, 0.4) is 0 Å². The fourth-order valence-electron chi connectivity index (χ4n) is 2.09. The first-order valence-corrected chi connectivity index (χ1v) is 7.49. The maximum atomic E-state index is 13.8. The van der Waals surface area contributed by atoms with Crippen molar-refractivity contribution in [2.24, 2.45) is 5.92 Å². The number of hydrogen-bond donors (Lipinski definition) is 1. The molecule has 0 aliphatic heterocycles. The molecule has 1 rings (SSSR count). The van der Waals surface area contributed by atoms with Crippen LogP contribution in [0.25, 0.3) is 0 Å². The van der Waals surface area contributed by atoms with Gasteiger partial charge in [0.25, 0.3) is 0 Å². The van der Waals surface area contributed by atoms with Gasteiger partial charge in [-0.05, 0) is 43.0 Å². The van der Waals surface area contributed by atoms with Crippen LogP contribution >= 0.6 is 15.9 Å². The van der Waals surface area contributed by atoms with Gasteiger partial charge in [-0.3, -0.25) is 0 Å². The summed E-state index contributed by atoms with van der Waals surface area (Å²) in [5.74, 6) is 0.406. The van der Waals surface area contributed by atoms with Crippen molar-refractivity contribution < 1.29 is 4.39 Å². The lowest BCUT2D eigenvalue weighted by molar-refractivity contribution is 0.413. The van der Waals surface area contributed by atoms with Crippen molar-refractivity contribution in [3.05, 3.63) is 34.1 Å². The van der Waals surface area contributed by atoms with Crippen molar-refractivity contribution in [1.29, 1.82) is 0 Å². The zero-order valence-electron chi connectivity index (χ0n) is 11.5. The highest BCUT2D eigenvalue weighted by atomic mass is 79.9. The normalized spacial score (nSPS) is 13.0. The molecule has 1 aromatic rings. The van der Waals surface area contributed by atoms with Gasteiger partial charge in [0.05, 0.1) is 0 Å². The summed E-state index contributed by atoms with van der Waals surface area (Å²) in [4.78, 5) is 0. The second kappa shape index (κ2) is 7.90. The summed E-state index contributed by atoms with van der Waals surface area (Å²) in [5.41, 5.74) is 0.821. The van der Waals surface area contributed by atoms with Gasteiger partial charge in [-0.1, -0.05) is 49.2 Å². The Balaban J connectivity index is 2.64. The van der Waals surface area contributed by atoms with Crippen molar-refractivity contribution in [2.75, 3.05) is 6.54 Å². The zero-order valence-corrected chi connectivity index (χ0v) is 13.1. The van der Waals surface area contributed by atoms with Gasteiger partial charge in [-0.2, -0.15) is 0 Å². The van der Waals surface area contributed by atoms with E-state index < -0.39 is 0 Å². The van der Waals surface area contributed by atoms with E-state index in [1.807, 2.05) is 12.1 Å². The van der Waals surface area contributed by atoms with Crippen LogP contribution in [0.5, 0.6) is 0 Å². The molecule has 0 aliphatic rings. The van der Waals surface area contributed by atoms with E-state index in [1.165, 1.54) is 0 Å². The Hall–Kier alpha value is -0.410. The Morgan fingerprint density at radius 2 is 2.06 bits per heavy atom. The Bertz CT molecular complexity index is 366. The molecule has 18 heavy (non-hydrogen) atoms. The summed E-state index contributed by atoms with van der Waals surface area (Å²) in [5, 5.41) is 3.45.